The molecule has 0 radical (unpaired) electrons. The first kappa shape index (κ1) is 22.5. The molecule has 0 aliphatic carbocycles. The van der Waals surface area contributed by atoms with E-state index in [0.29, 0.717) is 5.82 Å². The number of nitrogens with zero attached hydrogens (tertiary/aromatic N) is 4. The lowest BCUT2D eigenvalue weighted by atomic mass is 9.99. The van der Waals surface area contributed by atoms with Gasteiger partial charge >= 0.3 is 5.97 Å². The summed E-state index contributed by atoms with van der Waals surface area (Å²) in [5.41, 5.74) is 5.15. The Labute approximate surface area is 206 Å². The molecule has 4 aromatic rings. The molecule has 1 aliphatic heterocycles. The number of thiophene rings is 2. The molecule has 0 fully saturated rings. The maximum atomic E-state index is 12.2. The Morgan fingerprint density at radius 2 is 1.94 bits per heavy atom. The predicted molar refractivity (Wildman–Crippen MR) is 137 cm³/mol. The smallest absolute Gasteiger partial charge is 0.308 e. The number of rotatable bonds is 6. The average Bonchev–Trinajstić information content (AvgIpc) is 3.54. The third-order valence-corrected chi connectivity index (χ3v) is 8.10. The van der Waals surface area contributed by atoms with Crippen molar-refractivity contribution in [3.8, 4) is 5.00 Å². The number of aliphatic imine (C=N–C) groups is 1. The molecule has 0 unspecified atom stereocenters. The maximum absolute atomic E-state index is 12.2. The highest BCUT2D eigenvalue weighted by Gasteiger charge is 2.32. The number of hydrogen-bond acceptors (Lipinski definition) is 8. The fourth-order valence-corrected chi connectivity index (χ4v) is 5.97. The Morgan fingerprint density at radius 1 is 1.15 bits per heavy atom. The molecule has 1 aliphatic rings. The molecule has 4 heterocycles. The van der Waals surface area contributed by atoms with Gasteiger partial charge in [0.2, 0.25) is 0 Å². The quantitative estimate of drug-likeness (QED) is 0.366. The molecule has 0 spiro atoms. The topological polar surface area (TPSA) is 81.4 Å². The van der Waals surface area contributed by atoms with Crippen molar-refractivity contribution in [2.24, 2.45) is 4.99 Å². The Morgan fingerprint density at radius 3 is 2.65 bits per heavy atom. The number of hydrogen-bond donors (Lipinski definition) is 1. The van der Waals surface area contributed by atoms with Crippen molar-refractivity contribution in [3.05, 3.63) is 79.9 Å². The van der Waals surface area contributed by atoms with Crippen molar-refractivity contribution in [2.75, 3.05) is 12.4 Å². The Kier molecular flexibility index (Phi) is 6.05. The molecule has 3 aromatic heterocycles. The number of methoxy groups -OCH3 is 1. The number of nitrogens with one attached hydrogen (secondary N) is 1. The third-order valence-electron chi connectivity index (χ3n) is 6.03. The van der Waals surface area contributed by atoms with Crippen molar-refractivity contribution >= 4 is 40.0 Å². The third kappa shape index (κ3) is 4.05. The van der Waals surface area contributed by atoms with Gasteiger partial charge in [0.1, 0.15) is 16.9 Å². The summed E-state index contributed by atoms with van der Waals surface area (Å²) in [4.78, 5) is 19.9. The van der Waals surface area contributed by atoms with E-state index in [2.05, 4.69) is 71.1 Å². The van der Waals surface area contributed by atoms with Crippen LogP contribution in [0.3, 0.4) is 0 Å². The van der Waals surface area contributed by atoms with Crippen LogP contribution < -0.4 is 5.32 Å². The normalized spacial score (nSPS) is 14.7. The van der Waals surface area contributed by atoms with Gasteiger partial charge in [0.25, 0.3) is 0 Å². The van der Waals surface area contributed by atoms with Gasteiger partial charge in [0.05, 0.1) is 19.2 Å². The molecule has 1 atom stereocenters. The SMILES string of the molecule is COC(=O)C[C@@H]1N=C(c2ccc(NCc3cccs3)cc2)c2c(sc(C)c2C)-n2c(C)nnc21. The van der Waals surface area contributed by atoms with Crippen LogP contribution in [0.4, 0.5) is 5.69 Å². The van der Waals surface area contributed by atoms with Gasteiger partial charge in [0.15, 0.2) is 5.82 Å². The molecule has 1 aromatic carbocycles. The lowest BCUT2D eigenvalue weighted by molar-refractivity contribution is -0.141. The van der Waals surface area contributed by atoms with Crippen LogP contribution in [0.2, 0.25) is 0 Å². The highest BCUT2D eigenvalue weighted by Crippen LogP contribution is 2.39. The van der Waals surface area contributed by atoms with E-state index in [4.69, 9.17) is 9.73 Å². The predicted octanol–water partition coefficient (Wildman–Crippen LogP) is 5.38. The molecule has 174 valence electrons. The van der Waals surface area contributed by atoms with E-state index in [1.807, 2.05) is 11.5 Å². The van der Waals surface area contributed by atoms with Gasteiger partial charge in [-0.2, -0.15) is 0 Å². The van der Waals surface area contributed by atoms with Crippen LogP contribution >= 0.6 is 22.7 Å². The highest BCUT2D eigenvalue weighted by atomic mass is 32.1. The Balaban J connectivity index is 1.58. The molecule has 1 N–H and O–H groups in total. The summed E-state index contributed by atoms with van der Waals surface area (Å²) in [7, 11) is 1.39. The first-order valence-corrected chi connectivity index (χ1v) is 12.7. The second-order valence-electron chi connectivity index (χ2n) is 8.19. The first-order valence-electron chi connectivity index (χ1n) is 11.0. The number of carbonyl (C=O) groups is 1. The van der Waals surface area contributed by atoms with Crippen LogP contribution in [0.5, 0.6) is 0 Å². The second-order valence-corrected chi connectivity index (χ2v) is 10.4. The number of anilines is 1. The lowest BCUT2D eigenvalue weighted by Gasteiger charge is -2.12. The average molecular weight is 492 g/mol. The summed E-state index contributed by atoms with van der Waals surface area (Å²) < 4.78 is 7.00. The zero-order valence-electron chi connectivity index (χ0n) is 19.5. The van der Waals surface area contributed by atoms with E-state index in [9.17, 15) is 4.79 Å². The zero-order chi connectivity index (χ0) is 23.8. The minimum atomic E-state index is -0.486. The fourth-order valence-electron chi connectivity index (χ4n) is 4.11. The molecule has 34 heavy (non-hydrogen) atoms. The molecule has 0 bridgehead atoms. The van der Waals surface area contributed by atoms with Crippen LogP contribution in [0.15, 0.2) is 46.8 Å². The lowest BCUT2D eigenvalue weighted by Crippen LogP contribution is -2.12. The Bertz CT molecular complexity index is 1370. The van der Waals surface area contributed by atoms with Gasteiger partial charge < -0.3 is 10.1 Å². The van der Waals surface area contributed by atoms with E-state index >= 15 is 0 Å². The number of fused-ring (bicyclic) bond motifs is 3. The van der Waals surface area contributed by atoms with Crippen molar-refractivity contribution in [2.45, 2.75) is 39.8 Å². The van der Waals surface area contributed by atoms with Gasteiger partial charge in [-0.1, -0.05) is 18.2 Å². The van der Waals surface area contributed by atoms with Crippen molar-refractivity contribution in [1.82, 2.24) is 14.8 Å². The van der Waals surface area contributed by atoms with Gasteiger partial charge in [0, 0.05) is 33.1 Å². The molecular formula is C25H25N5O2S2. The molecule has 9 heteroatoms. The highest BCUT2D eigenvalue weighted by molar-refractivity contribution is 7.15. The van der Waals surface area contributed by atoms with Crippen molar-refractivity contribution in [3.63, 3.8) is 0 Å². The summed E-state index contributed by atoms with van der Waals surface area (Å²) in [5, 5.41) is 15.3. The van der Waals surface area contributed by atoms with Crippen LogP contribution in [-0.4, -0.2) is 33.6 Å². The summed E-state index contributed by atoms with van der Waals surface area (Å²) in [6, 6.07) is 12.0. The number of aromatic nitrogens is 3. The van der Waals surface area contributed by atoms with Crippen LogP contribution in [-0.2, 0) is 16.1 Å². The summed E-state index contributed by atoms with van der Waals surface area (Å²) in [6.45, 7) is 6.96. The standard InChI is InChI=1S/C25H25N5O2S2/c1-14-15(2)34-25-22(14)23(17-7-9-18(10-8-17)26-13-19-6-5-11-33-19)27-20(12-21(31)32-4)24-29-28-16(3)30(24)25/h5-11,20,26H,12-13H2,1-4H3/t20-/m0/s1. The second kappa shape index (κ2) is 9.15. The number of benzene rings is 1. The van der Waals surface area contributed by atoms with E-state index in [1.165, 1.54) is 22.4 Å². The molecule has 0 amide bonds. The number of aryl methyl sites for hydroxylation is 2. The minimum absolute atomic E-state index is 0.103. The summed E-state index contributed by atoms with van der Waals surface area (Å²) in [5.74, 6) is 1.11. The van der Waals surface area contributed by atoms with E-state index in [1.54, 1.807) is 22.7 Å². The summed E-state index contributed by atoms with van der Waals surface area (Å²) in [6.07, 6.45) is 0.103. The van der Waals surface area contributed by atoms with Gasteiger partial charge in [-0.3, -0.25) is 14.4 Å². The summed E-state index contributed by atoms with van der Waals surface area (Å²) >= 11 is 3.44. The largest absolute Gasteiger partial charge is 0.469 e. The van der Waals surface area contributed by atoms with E-state index in [0.717, 1.165) is 39.9 Å². The van der Waals surface area contributed by atoms with Crippen molar-refractivity contribution < 1.29 is 9.53 Å². The molecular weight excluding hydrogens is 466 g/mol. The first-order chi connectivity index (χ1) is 16.5. The molecule has 0 saturated carbocycles. The van der Waals surface area contributed by atoms with E-state index < -0.39 is 6.04 Å². The number of ether oxygens (including phenoxy) is 1. The molecule has 7 nitrogen and oxygen atoms in total. The van der Waals surface area contributed by atoms with Gasteiger partial charge in [-0.15, -0.1) is 32.9 Å². The van der Waals surface area contributed by atoms with Crippen LogP contribution in [0.25, 0.3) is 5.00 Å². The maximum Gasteiger partial charge on any atom is 0.308 e. The number of esters is 1. The molecule has 0 saturated heterocycles. The molecule has 5 rings (SSSR count). The van der Waals surface area contributed by atoms with Crippen LogP contribution in [0.1, 0.15) is 50.6 Å². The monoisotopic (exact) mass is 491 g/mol. The zero-order valence-corrected chi connectivity index (χ0v) is 21.1. The minimum Gasteiger partial charge on any atom is -0.469 e. The Hall–Kier alpha value is -3.30. The van der Waals surface area contributed by atoms with Gasteiger partial charge in [-0.05, 0) is 49.9 Å². The van der Waals surface area contributed by atoms with Crippen molar-refractivity contribution in [1.29, 1.82) is 0 Å². The van der Waals surface area contributed by atoms with E-state index in [-0.39, 0.29) is 12.4 Å². The van der Waals surface area contributed by atoms with Gasteiger partial charge in [-0.25, -0.2) is 0 Å². The fraction of sp³-hybridized carbons (Fsp3) is 0.280. The number of carbonyl (C=O) groups excluding carboxylic acids is 1. The van der Waals surface area contributed by atoms with Crippen LogP contribution in [0, 0.1) is 20.8 Å².